The first-order valence-electron chi connectivity index (χ1n) is 6.32. The van der Waals surface area contributed by atoms with Crippen molar-refractivity contribution in [3.05, 3.63) is 59.1 Å². The Kier molecular flexibility index (Phi) is 6.91. The van der Waals surface area contributed by atoms with E-state index in [-0.39, 0.29) is 0 Å². The number of halogens is 1. The normalized spacial score (nSPS) is 9.70. The molecule has 0 aromatic heterocycles. The molecule has 4 heteroatoms. The van der Waals surface area contributed by atoms with Crippen LogP contribution in [0.5, 0.6) is 5.75 Å². The van der Waals surface area contributed by atoms with Crippen molar-refractivity contribution in [1.82, 2.24) is 5.01 Å². The Balaban J connectivity index is 0.000000204. The summed E-state index contributed by atoms with van der Waals surface area (Å²) in [5.41, 5.74) is 5.28. The van der Waals surface area contributed by atoms with E-state index in [1.54, 1.807) is 7.11 Å². The summed E-state index contributed by atoms with van der Waals surface area (Å²) in [5.74, 6) is 0.956. The van der Waals surface area contributed by atoms with Gasteiger partial charge in [-0.15, -0.1) is 0 Å². The Bertz CT molecular complexity index is 529. The lowest BCUT2D eigenvalue weighted by Crippen LogP contribution is -2.19. The second kappa shape index (κ2) is 8.46. The van der Waals surface area contributed by atoms with Gasteiger partial charge in [-0.3, -0.25) is 0 Å². The number of methoxy groups -OCH3 is 1. The van der Waals surface area contributed by atoms with Crippen LogP contribution in [0.3, 0.4) is 0 Å². The molecule has 0 bridgehead atoms. The number of hydrogen-bond donors (Lipinski definition) is 1. The van der Waals surface area contributed by atoms with Gasteiger partial charge in [0.1, 0.15) is 5.75 Å². The van der Waals surface area contributed by atoms with E-state index in [1.807, 2.05) is 74.6 Å². The number of rotatable bonds is 3. The molecule has 0 amide bonds. The number of para-hydroxylation sites is 1. The molecule has 0 saturated carbocycles. The van der Waals surface area contributed by atoms with Gasteiger partial charge in [0.05, 0.1) is 12.8 Å². The second-order valence-corrected chi connectivity index (χ2v) is 4.92. The van der Waals surface area contributed by atoms with Crippen LogP contribution in [0.4, 0.5) is 5.69 Å². The molecular weight excluding hydrogens is 272 g/mol. The number of benzene rings is 2. The molecule has 2 aromatic carbocycles. The molecule has 0 aliphatic heterocycles. The van der Waals surface area contributed by atoms with Crippen LogP contribution in [0, 0.1) is 6.92 Å². The minimum Gasteiger partial charge on any atom is -0.496 e. The van der Waals surface area contributed by atoms with Gasteiger partial charge in [0.25, 0.3) is 0 Å². The molecule has 108 valence electrons. The molecule has 0 aliphatic rings. The predicted molar refractivity (Wildman–Crippen MR) is 86.5 cm³/mol. The van der Waals surface area contributed by atoms with Gasteiger partial charge >= 0.3 is 0 Å². The molecule has 2 aromatic rings. The molecule has 0 heterocycles. The van der Waals surface area contributed by atoms with Gasteiger partial charge in [0, 0.05) is 19.1 Å². The van der Waals surface area contributed by atoms with Crippen LogP contribution in [0.25, 0.3) is 0 Å². The summed E-state index contributed by atoms with van der Waals surface area (Å²) in [6.07, 6.45) is 0. The number of nitrogens with zero attached hydrogens (tertiary/aromatic N) is 1. The van der Waals surface area contributed by atoms with Gasteiger partial charge in [-0.1, -0.05) is 35.9 Å². The molecule has 0 radical (unpaired) electrons. The van der Waals surface area contributed by atoms with E-state index in [9.17, 15) is 0 Å². The highest BCUT2D eigenvalue weighted by molar-refractivity contribution is 6.30. The summed E-state index contributed by atoms with van der Waals surface area (Å²) in [6, 6.07) is 15.5. The van der Waals surface area contributed by atoms with Crippen molar-refractivity contribution in [2.24, 2.45) is 0 Å². The number of anilines is 1. The first-order valence-corrected chi connectivity index (χ1v) is 6.70. The molecule has 20 heavy (non-hydrogen) atoms. The summed E-state index contributed by atoms with van der Waals surface area (Å²) in [7, 11) is 5.55. The number of ether oxygens (including phenoxy) is 1. The van der Waals surface area contributed by atoms with Gasteiger partial charge in [-0.05, 0) is 36.8 Å². The van der Waals surface area contributed by atoms with E-state index < -0.39 is 0 Å². The van der Waals surface area contributed by atoms with E-state index in [1.165, 1.54) is 5.56 Å². The predicted octanol–water partition coefficient (Wildman–Crippen LogP) is 4.23. The number of nitrogens with one attached hydrogen (secondary N) is 1. The van der Waals surface area contributed by atoms with Crippen molar-refractivity contribution in [3.8, 4) is 5.75 Å². The Hall–Kier alpha value is -1.71. The zero-order chi connectivity index (χ0) is 15.0. The third kappa shape index (κ3) is 5.95. The monoisotopic (exact) mass is 292 g/mol. The van der Waals surface area contributed by atoms with E-state index in [2.05, 4.69) is 5.43 Å². The smallest absolute Gasteiger partial charge is 0.121 e. The minimum atomic E-state index is 0.747. The number of hydrogen-bond acceptors (Lipinski definition) is 3. The third-order valence-corrected chi connectivity index (χ3v) is 2.73. The Morgan fingerprint density at radius 3 is 2.25 bits per heavy atom. The van der Waals surface area contributed by atoms with Crippen LogP contribution < -0.4 is 10.2 Å². The molecule has 3 nitrogen and oxygen atoms in total. The summed E-state index contributed by atoms with van der Waals surface area (Å²) in [4.78, 5) is 0. The molecular formula is C16H21ClN2O. The Morgan fingerprint density at radius 2 is 1.75 bits per heavy atom. The molecule has 0 spiro atoms. The SMILES string of the molecule is CN(C)Nc1cccc(Cl)c1.COc1ccccc1C. The number of hydrazine groups is 1. The lowest BCUT2D eigenvalue weighted by Gasteiger charge is -2.12. The molecule has 0 saturated heterocycles. The standard InChI is InChI=1S/C8H11ClN2.C8H10O/c1-11(2)10-8-5-3-4-7(9)6-8;1-7-5-3-4-6-8(7)9-2/h3-6,10H,1-2H3;3-6H,1-2H3. The summed E-state index contributed by atoms with van der Waals surface area (Å²) < 4.78 is 5.04. The highest BCUT2D eigenvalue weighted by Crippen LogP contribution is 2.15. The van der Waals surface area contributed by atoms with Crippen molar-refractivity contribution in [2.45, 2.75) is 6.92 Å². The molecule has 0 fully saturated rings. The van der Waals surface area contributed by atoms with Gasteiger partial charge in [-0.2, -0.15) is 0 Å². The highest BCUT2D eigenvalue weighted by atomic mass is 35.5. The summed E-state index contributed by atoms with van der Waals surface area (Å²) in [5, 5.41) is 2.61. The van der Waals surface area contributed by atoms with Gasteiger partial charge in [0.15, 0.2) is 0 Å². The van der Waals surface area contributed by atoms with Crippen LogP contribution in [0.1, 0.15) is 5.56 Å². The van der Waals surface area contributed by atoms with Crippen molar-refractivity contribution >= 4 is 17.3 Å². The van der Waals surface area contributed by atoms with Crippen LogP contribution in [-0.2, 0) is 0 Å². The second-order valence-electron chi connectivity index (χ2n) is 4.49. The topological polar surface area (TPSA) is 24.5 Å². The largest absolute Gasteiger partial charge is 0.496 e. The maximum Gasteiger partial charge on any atom is 0.121 e. The van der Waals surface area contributed by atoms with Crippen LogP contribution >= 0.6 is 11.6 Å². The average Bonchev–Trinajstić information content (AvgIpc) is 2.39. The van der Waals surface area contributed by atoms with Crippen molar-refractivity contribution in [1.29, 1.82) is 0 Å². The first kappa shape index (κ1) is 16.3. The van der Waals surface area contributed by atoms with E-state index >= 15 is 0 Å². The first-order chi connectivity index (χ1) is 9.52. The van der Waals surface area contributed by atoms with E-state index in [4.69, 9.17) is 16.3 Å². The van der Waals surface area contributed by atoms with Crippen LogP contribution in [0.2, 0.25) is 5.02 Å². The minimum absolute atomic E-state index is 0.747. The fourth-order valence-electron chi connectivity index (χ4n) is 1.60. The number of aryl methyl sites for hydroxylation is 1. The lowest BCUT2D eigenvalue weighted by atomic mass is 10.2. The maximum absolute atomic E-state index is 5.77. The average molecular weight is 293 g/mol. The summed E-state index contributed by atoms with van der Waals surface area (Å²) in [6.45, 7) is 2.03. The van der Waals surface area contributed by atoms with E-state index in [0.29, 0.717) is 0 Å². The van der Waals surface area contributed by atoms with Crippen molar-refractivity contribution in [2.75, 3.05) is 26.6 Å². The van der Waals surface area contributed by atoms with Crippen LogP contribution in [-0.4, -0.2) is 26.2 Å². The zero-order valence-electron chi connectivity index (χ0n) is 12.4. The quantitative estimate of drug-likeness (QED) is 0.857. The zero-order valence-corrected chi connectivity index (χ0v) is 13.1. The van der Waals surface area contributed by atoms with E-state index in [0.717, 1.165) is 16.5 Å². The molecule has 2 rings (SSSR count). The van der Waals surface area contributed by atoms with Crippen molar-refractivity contribution < 1.29 is 4.74 Å². The fourth-order valence-corrected chi connectivity index (χ4v) is 1.79. The molecule has 1 N–H and O–H groups in total. The third-order valence-electron chi connectivity index (χ3n) is 2.49. The summed E-state index contributed by atoms with van der Waals surface area (Å²) >= 11 is 5.77. The highest BCUT2D eigenvalue weighted by Gasteiger charge is 1.92. The van der Waals surface area contributed by atoms with Gasteiger partial charge in [-0.25, -0.2) is 5.01 Å². The Morgan fingerprint density at radius 1 is 1.05 bits per heavy atom. The lowest BCUT2D eigenvalue weighted by molar-refractivity contribution is 0.411. The van der Waals surface area contributed by atoms with Gasteiger partial charge < -0.3 is 10.2 Å². The van der Waals surface area contributed by atoms with Crippen molar-refractivity contribution in [3.63, 3.8) is 0 Å². The maximum atomic E-state index is 5.77. The molecule has 0 unspecified atom stereocenters. The molecule has 0 atom stereocenters. The fraction of sp³-hybridized carbons (Fsp3) is 0.250. The Labute approximate surface area is 126 Å². The van der Waals surface area contributed by atoms with Gasteiger partial charge in [0.2, 0.25) is 0 Å². The van der Waals surface area contributed by atoms with Crippen LogP contribution in [0.15, 0.2) is 48.5 Å². The molecule has 0 aliphatic carbocycles.